The normalized spacial score (nSPS) is 11.9. The highest BCUT2D eigenvalue weighted by Gasteiger charge is 2.12. The highest BCUT2D eigenvalue weighted by molar-refractivity contribution is 7.26. The van der Waals surface area contributed by atoms with Crippen LogP contribution in [0.2, 0.25) is 0 Å². The third kappa shape index (κ3) is 2.60. The molecule has 0 radical (unpaired) electrons. The lowest BCUT2D eigenvalue weighted by molar-refractivity contribution is 0.924. The number of hydrogen-bond donors (Lipinski definition) is 1. The lowest BCUT2D eigenvalue weighted by Crippen LogP contribution is -1.82. The molecule has 2 aromatic heterocycles. The van der Waals surface area contributed by atoms with Gasteiger partial charge in [-0.25, -0.2) is 0 Å². The molecule has 0 aliphatic heterocycles. The maximum Gasteiger partial charge on any atom is 0.0465 e. The van der Waals surface area contributed by atoms with Gasteiger partial charge >= 0.3 is 0 Å². The molecule has 1 nitrogen and oxygen atoms in total. The molecule has 2 heterocycles. The number of hydrogen-bond acceptors (Lipinski definition) is 1. The van der Waals surface area contributed by atoms with Gasteiger partial charge in [-0.2, -0.15) is 0 Å². The van der Waals surface area contributed by atoms with Crippen molar-refractivity contribution in [3.05, 3.63) is 84.4 Å². The van der Waals surface area contributed by atoms with Crippen LogP contribution in [0.15, 0.2) is 78.9 Å². The monoisotopic (exact) mass is 391 g/mol. The fourth-order valence-corrected chi connectivity index (χ4v) is 5.77. The Morgan fingerprint density at radius 3 is 2.41 bits per heavy atom. The van der Waals surface area contributed by atoms with E-state index in [1.807, 2.05) is 11.3 Å². The van der Waals surface area contributed by atoms with E-state index in [0.29, 0.717) is 0 Å². The summed E-state index contributed by atoms with van der Waals surface area (Å²) >= 11 is 1.90. The highest BCUT2D eigenvalue weighted by atomic mass is 32.1. The Kier molecular flexibility index (Phi) is 3.75. The lowest BCUT2D eigenvalue weighted by Gasteiger charge is -2.05. The number of benzene rings is 4. The van der Waals surface area contributed by atoms with E-state index in [-0.39, 0.29) is 0 Å². The SMILES string of the molecule is CCCc1ccc2[nH]c3ccc(-c4cccc5c4sc4ccccc45)cc3c2c1. The standard InChI is InChI=1S/C27H21NS/c1-2-6-17-11-13-24-22(15-17)23-16-18(12-14-25(23)28-24)19-8-5-9-21-20-7-3-4-10-26(20)29-27(19)21/h3-5,7-16,28H,2,6H2,1H3. The molecule has 0 aliphatic carbocycles. The van der Waals surface area contributed by atoms with Gasteiger partial charge in [0, 0.05) is 42.0 Å². The van der Waals surface area contributed by atoms with Crippen molar-refractivity contribution in [3.63, 3.8) is 0 Å². The summed E-state index contributed by atoms with van der Waals surface area (Å²) in [6, 6.07) is 29.1. The predicted octanol–water partition coefficient (Wildman–Crippen LogP) is 8.31. The number of rotatable bonds is 3. The Morgan fingerprint density at radius 1 is 0.724 bits per heavy atom. The molecular weight excluding hydrogens is 370 g/mol. The molecule has 0 unspecified atom stereocenters. The van der Waals surface area contributed by atoms with Crippen molar-refractivity contribution in [2.45, 2.75) is 19.8 Å². The number of aromatic amines is 1. The van der Waals surface area contributed by atoms with Crippen LogP contribution in [0, 0.1) is 0 Å². The van der Waals surface area contributed by atoms with Gasteiger partial charge < -0.3 is 4.98 Å². The van der Waals surface area contributed by atoms with Gasteiger partial charge in [-0.3, -0.25) is 0 Å². The lowest BCUT2D eigenvalue weighted by atomic mass is 10.00. The third-order valence-corrected chi connectivity index (χ3v) is 7.14. The Morgan fingerprint density at radius 2 is 1.52 bits per heavy atom. The third-order valence-electron chi connectivity index (χ3n) is 5.92. The minimum absolute atomic E-state index is 1.13. The number of aryl methyl sites for hydroxylation is 1. The van der Waals surface area contributed by atoms with Gasteiger partial charge in [-0.15, -0.1) is 11.3 Å². The molecule has 1 N–H and O–H groups in total. The van der Waals surface area contributed by atoms with E-state index in [0.717, 1.165) is 6.42 Å². The summed E-state index contributed by atoms with van der Waals surface area (Å²) in [6.07, 6.45) is 2.30. The van der Waals surface area contributed by atoms with Crippen LogP contribution in [-0.2, 0) is 6.42 Å². The summed E-state index contributed by atoms with van der Waals surface area (Å²) in [6.45, 7) is 2.24. The molecule has 0 fully saturated rings. The maximum atomic E-state index is 3.59. The molecule has 0 saturated heterocycles. The average molecular weight is 392 g/mol. The zero-order valence-electron chi connectivity index (χ0n) is 16.3. The highest BCUT2D eigenvalue weighted by Crippen LogP contribution is 2.40. The molecule has 6 rings (SSSR count). The smallest absolute Gasteiger partial charge is 0.0465 e. The van der Waals surface area contributed by atoms with Crippen molar-refractivity contribution < 1.29 is 0 Å². The first kappa shape index (κ1) is 16.8. The summed E-state index contributed by atoms with van der Waals surface area (Å²) < 4.78 is 2.73. The van der Waals surface area contributed by atoms with E-state index in [9.17, 15) is 0 Å². The van der Waals surface area contributed by atoms with Gasteiger partial charge in [0.05, 0.1) is 0 Å². The fourth-order valence-electron chi connectivity index (χ4n) is 4.53. The predicted molar refractivity (Wildman–Crippen MR) is 128 cm³/mol. The zero-order valence-corrected chi connectivity index (χ0v) is 17.1. The van der Waals surface area contributed by atoms with Gasteiger partial charge in [0.1, 0.15) is 0 Å². The van der Waals surface area contributed by atoms with Crippen molar-refractivity contribution in [2.24, 2.45) is 0 Å². The molecule has 4 aromatic carbocycles. The number of thiophene rings is 1. The molecular formula is C27H21NS. The van der Waals surface area contributed by atoms with Crippen molar-refractivity contribution in [1.29, 1.82) is 0 Å². The molecule has 0 spiro atoms. The first-order valence-electron chi connectivity index (χ1n) is 10.3. The maximum absolute atomic E-state index is 3.59. The van der Waals surface area contributed by atoms with Crippen molar-refractivity contribution >= 4 is 53.3 Å². The average Bonchev–Trinajstić information content (AvgIpc) is 3.31. The topological polar surface area (TPSA) is 15.8 Å². The van der Waals surface area contributed by atoms with Crippen molar-refractivity contribution in [2.75, 3.05) is 0 Å². The minimum atomic E-state index is 1.13. The summed E-state index contributed by atoms with van der Waals surface area (Å²) in [5, 5.41) is 5.35. The van der Waals surface area contributed by atoms with Crippen molar-refractivity contribution in [3.8, 4) is 11.1 Å². The van der Waals surface area contributed by atoms with Crippen LogP contribution in [0.1, 0.15) is 18.9 Å². The first-order valence-corrected chi connectivity index (χ1v) is 11.1. The minimum Gasteiger partial charge on any atom is -0.355 e. The van der Waals surface area contributed by atoms with Crippen LogP contribution >= 0.6 is 11.3 Å². The van der Waals surface area contributed by atoms with Gasteiger partial charge in [-0.05, 0) is 53.4 Å². The Bertz CT molecular complexity index is 1520. The molecule has 0 saturated carbocycles. The quantitative estimate of drug-likeness (QED) is 0.312. The van der Waals surface area contributed by atoms with Crippen LogP contribution in [0.4, 0.5) is 0 Å². The molecule has 0 atom stereocenters. The van der Waals surface area contributed by atoms with Crippen LogP contribution in [0.25, 0.3) is 53.1 Å². The van der Waals surface area contributed by atoms with Crippen LogP contribution in [0.5, 0.6) is 0 Å². The van der Waals surface area contributed by atoms with Crippen molar-refractivity contribution in [1.82, 2.24) is 4.98 Å². The Labute approximate surface area is 173 Å². The van der Waals surface area contributed by atoms with E-state index in [2.05, 4.69) is 90.8 Å². The molecule has 140 valence electrons. The van der Waals surface area contributed by atoms with Gasteiger partial charge in [-0.1, -0.05) is 61.9 Å². The Hall–Kier alpha value is -3.10. The Balaban J connectivity index is 1.61. The van der Waals surface area contributed by atoms with E-state index >= 15 is 0 Å². The number of H-pyrrole nitrogens is 1. The number of fused-ring (bicyclic) bond motifs is 6. The molecule has 29 heavy (non-hydrogen) atoms. The molecule has 0 amide bonds. The van der Waals surface area contributed by atoms with Gasteiger partial charge in [0.25, 0.3) is 0 Å². The number of aromatic nitrogens is 1. The van der Waals surface area contributed by atoms with Crippen LogP contribution in [-0.4, -0.2) is 4.98 Å². The molecule has 0 aliphatic rings. The molecule has 0 bridgehead atoms. The summed E-state index contributed by atoms with van der Waals surface area (Å²) in [5.41, 5.74) is 6.46. The molecule has 2 heteroatoms. The second kappa shape index (κ2) is 6.47. The van der Waals surface area contributed by atoms with E-state index in [1.165, 1.54) is 65.1 Å². The summed E-state index contributed by atoms with van der Waals surface area (Å²) in [4.78, 5) is 3.59. The number of nitrogens with one attached hydrogen (secondary N) is 1. The van der Waals surface area contributed by atoms with Crippen LogP contribution < -0.4 is 0 Å². The second-order valence-electron chi connectivity index (χ2n) is 7.80. The van der Waals surface area contributed by atoms with Gasteiger partial charge in [0.2, 0.25) is 0 Å². The van der Waals surface area contributed by atoms with E-state index in [4.69, 9.17) is 0 Å². The largest absolute Gasteiger partial charge is 0.355 e. The summed E-state index contributed by atoms with van der Waals surface area (Å²) in [7, 11) is 0. The fraction of sp³-hybridized carbons (Fsp3) is 0.111. The first-order chi connectivity index (χ1) is 14.3. The zero-order chi connectivity index (χ0) is 19.4. The van der Waals surface area contributed by atoms with Gasteiger partial charge in [0.15, 0.2) is 0 Å². The van der Waals surface area contributed by atoms with E-state index in [1.54, 1.807) is 0 Å². The summed E-state index contributed by atoms with van der Waals surface area (Å²) in [5.74, 6) is 0. The van der Waals surface area contributed by atoms with E-state index < -0.39 is 0 Å². The second-order valence-corrected chi connectivity index (χ2v) is 8.85. The molecule has 6 aromatic rings. The van der Waals surface area contributed by atoms with Crippen LogP contribution in [0.3, 0.4) is 0 Å².